The SMILES string of the molecule is C/C(=C\c1ccnn1C)CCl. The van der Waals surface area contributed by atoms with E-state index < -0.39 is 0 Å². The molecule has 0 bridgehead atoms. The Morgan fingerprint density at radius 2 is 2.55 bits per heavy atom. The zero-order valence-corrected chi connectivity index (χ0v) is 7.47. The lowest BCUT2D eigenvalue weighted by atomic mass is 10.3. The molecule has 0 saturated heterocycles. The average molecular weight is 171 g/mol. The summed E-state index contributed by atoms with van der Waals surface area (Å²) in [5, 5.41) is 4.03. The fraction of sp³-hybridized carbons (Fsp3) is 0.375. The predicted octanol–water partition coefficient (Wildman–Crippen LogP) is 2.06. The standard InChI is InChI=1S/C8H11ClN2/c1-7(6-9)5-8-3-4-10-11(8)2/h3-5H,6H2,1-2H3/b7-5+. The topological polar surface area (TPSA) is 17.8 Å². The van der Waals surface area contributed by atoms with Crippen molar-refractivity contribution in [3.05, 3.63) is 23.5 Å². The van der Waals surface area contributed by atoms with Crippen molar-refractivity contribution in [1.82, 2.24) is 9.78 Å². The van der Waals surface area contributed by atoms with Crippen LogP contribution in [0.4, 0.5) is 0 Å². The molecule has 0 atom stereocenters. The molecule has 0 spiro atoms. The number of allylic oxidation sites excluding steroid dienone is 1. The molecule has 0 N–H and O–H groups in total. The molecule has 0 radical (unpaired) electrons. The molecule has 0 aliphatic carbocycles. The fourth-order valence-electron chi connectivity index (χ4n) is 0.817. The van der Waals surface area contributed by atoms with Crippen molar-refractivity contribution >= 4 is 17.7 Å². The second kappa shape index (κ2) is 3.58. The first kappa shape index (κ1) is 8.34. The van der Waals surface area contributed by atoms with Crippen LogP contribution in [-0.4, -0.2) is 15.7 Å². The highest BCUT2D eigenvalue weighted by Crippen LogP contribution is 2.05. The summed E-state index contributed by atoms with van der Waals surface area (Å²) in [6.07, 6.45) is 3.80. The van der Waals surface area contributed by atoms with E-state index in [1.807, 2.05) is 30.8 Å². The summed E-state index contributed by atoms with van der Waals surface area (Å²) in [7, 11) is 1.91. The van der Waals surface area contributed by atoms with E-state index in [4.69, 9.17) is 11.6 Å². The van der Waals surface area contributed by atoms with E-state index in [2.05, 4.69) is 5.10 Å². The first-order valence-corrected chi connectivity index (χ1v) is 3.98. The summed E-state index contributed by atoms with van der Waals surface area (Å²) < 4.78 is 1.82. The molecule has 1 aromatic heterocycles. The van der Waals surface area contributed by atoms with Crippen molar-refractivity contribution in [1.29, 1.82) is 0 Å². The third kappa shape index (κ3) is 2.09. The smallest absolute Gasteiger partial charge is 0.0606 e. The van der Waals surface area contributed by atoms with Crippen LogP contribution >= 0.6 is 11.6 Å². The number of hydrogen-bond donors (Lipinski definition) is 0. The number of rotatable bonds is 2. The summed E-state index contributed by atoms with van der Waals surface area (Å²) >= 11 is 5.62. The number of aryl methyl sites for hydroxylation is 1. The van der Waals surface area contributed by atoms with E-state index in [9.17, 15) is 0 Å². The molecule has 2 nitrogen and oxygen atoms in total. The minimum Gasteiger partial charge on any atom is -0.269 e. The summed E-state index contributed by atoms with van der Waals surface area (Å²) in [5.74, 6) is 0.575. The summed E-state index contributed by atoms with van der Waals surface area (Å²) in [5.41, 5.74) is 2.23. The fourth-order valence-corrected chi connectivity index (χ4v) is 0.894. The van der Waals surface area contributed by atoms with Crippen LogP contribution in [0.1, 0.15) is 12.6 Å². The van der Waals surface area contributed by atoms with Crippen LogP contribution in [0.3, 0.4) is 0 Å². The van der Waals surface area contributed by atoms with Gasteiger partial charge in [-0.15, -0.1) is 11.6 Å². The van der Waals surface area contributed by atoms with Crippen molar-refractivity contribution < 1.29 is 0 Å². The third-order valence-corrected chi connectivity index (χ3v) is 1.89. The van der Waals surface area contributed by atoms with E-state index in [-0.39, 0.29) is 0 Å². The van der Waals surface area contributed by atoms with Crippen LogP contribution in [0.5, 0.6) is 0 Å². The second-order valence-electron chi connectivity index (χ2n) is 2.50. The van der Waals surface area contributed by atoms with Gasteiger partial charge in [0.2, 0.25) is 0 Å². The van der Waals surface area contributed by atoms with Gasteiger partial charge in [0.1, 0.15) is 0 Å². The number of halogens is 1. The number of nitrogens with zero attached hydrogens (tertiary/aromatic N) is 2. The molecule has 0 fully saturated rings. The van der Waals surface area contributed by atoms with Crippen LogP contribution in [-0.2, 0) is 7.05 Å². The van der Waals surface area contributed by atoms with Gasteiger partial charge >= 0.3 is 0 Å². The van der Waals surface area contributed by atoms with Crippen LogP contribution in [0.25, 0.3) is 6.08 Å². The molecular formula is C8H11ClN2. The van der Waals surface area contributed by atoms with Gasteiger partial charge < -0.3 is 0 Å². The average Bonchev–Trinajstić information content (AvgIpc) is 2.37. The van der Waals surface area contributed by atoms with Crippen molar-refractivity contribution in [2.24, 2.45) is 7.05 Å². The molecule has 1 heterocycles. The van der Waals surface area contributed by atoms with E-state index >= 15 is 0 Å². The van der Waals surface area contributed by atoms with Crippen LogP contribution in [0, 0.1) is 0 Å². The molecule has 0 saturated carbocycles. The molecule has 1 rings (SSSR count). The highest BCUT2D eigenvalue weighted by molar-refractivity contribution is 6.19. The lowest BCUT2D eigenvalue weighted by Gasteiger charge is -1.95. The quantitative estimate of drug-likeness (QED) is 0.622. The van der Waals surface area contributed by atoms with Gasteiger partial charge in [0.15, 0.2) is 0 Å². The van der Waals surface area contributed by atoms with Gasteiger partial charge in [-0.3, -0.25) is 4.68 Å². The summed E-state index contributed by atoms with van der Waals surface area (Å²) in [6.45, 7) is 2.00. The number of hydrogen-bond acceptors (Lipinski definition) is 1. The normalized spacial score (nSPS) is 12.1. The van der Waals surface area contributed by atoms with Gasteiger partial charge in [-0.25, -0.2) is 0 Å². The molecule has 1 aromatic rings. The van der Waals surface area contributed by atoms with Crippen LogP contribution < -0.4 is 0 Å². The number of aromatic nitrogens is 2. The largest absolute Gasteiger partial charge is 0.269 e. The van der Waals surface area contributed by atoms with Crippen molar-refractivity contribution in [2.75, 3.05) is 5.88 Å². The van der Waals surface area contributed by atoms with Gasteiger partial charge in [-0.1, -0.05) is 5.57 Å². The maximum atomic E-state index is 5.62. The molecule has 60 valence electrons. The molecule has 0 aliphatic rings. The molecule has 3 heteroatoms. The van der Waals surface area contributed by atoms with E-state index in [1.165, 1.54) is 0 Å². The highest BCUT2D eigenvalue weighted by atomic mass is 35.5. The lowest BCUT2D eigenvalue weighted by molar-refractivity contribution is 0.759. The molecule has 0 amide bonds. The first-order chi connectivity index (χ1) is 5.24. The van der Waals surface area contributed by atoms with Gasteiger partial charge in [0, 0.05) is 19.1 Å². The Hall–Kier alpha value is -0.760. The molecule has 11 heavy (non-hydrogen) atoms. The second-order valence-corrected chi connectivity index (χ2v) is 2.77. The van der Waals surface area contributed by atoms with Crippen LogP contribution in [0.2, 0.25) is 0 Å². The number of alkyl halides is 1. The van der Waals surface area contributed by atoms with Gasteiger partial charge in [0.25, 0.3) is 0 Å². The summed E-state index contributed by atoms with van der Waals surface area (Å²) in [4.78, 5) is 0. The Balaban J connectivity index is 2.86. The van der Waals surface area contributed by atoms with Crippen molar-refractivity contribution in [3.63, 3.8) is 0 Å². The molecule has 0 aromatic carbocycles. The minimum absolute atomic E-state index is 0.575. The van der Waals surface area contributed by atoms with Gasteiger partial charge in [-0.2, -0.15) is 5.10 Å². The summed E-state index contributed by atoms with van der Waals surface area (Å²) in [6, 6.07) is 1.95. The first-order valence-electron chi connectivity index (χ1n) is 3.45. The Morgan fingerprint density at radius 1 is 1.82 bits per heavy atom. The molecule has 0 unspecified atom stereocenters. The molecule has 0 aliphatic heterocycles. The van der Waals surface area contributed by atoms with Crippen molar-refractivity contribution in [3.8, 4) is 0 Å². The Bertz CT molecular complexity index is 263. The lowest BCUT2D eigenvalue weighted by Crippen LogP contribution is -1.92. The van der Waals surface area contributed by atoms with E-state index in [1.54, 1.807) is 6.20 Å². The zero-order chi connectivity index (χ0) is 8.27. The third-order valence-electron chi connectivity index (χ3n) is 1.46. The Kier molecular flexibility index (Phi) is 2.71. The Morgan fingerprint density at radius 3 is 3.00 bits per heavy atom. The maximum absolute atomic E-state index is 5.62. The highest BCUT2D eigenvalue weighted by Gasteiger charge is 1.93. The van der Waals surface area contributed by atoms with Crippen LogP contribution in [0.15, 0.2) is 17.8 Å². The maximum Gasteiger partial charge on any atom is 0.0606 e. The van der Waals surface area contributed by atoms with E-state index in [0.717, 1.165) is 11.3 Å². The molecular weight excluding hydrogens is 160 g/mol. The minimum atomic E-state index is 0.575. The predicted molar refractivity (Wildman–Crippen MR) is 47.6 cm³/mol. The monoisotopic (exact) mass is 170 g/mol. The Labute approximate surface area is 71.5 Å². The zero-order valence-electron chi connectivity index (χ0n) is 6.71. The van der Waals surface area contributed by atoms with Crippen molar-refractivity contribution in [2.45, 2.75) is 6.92 Å². The van der Waals surface area contributed by atoms with Gasteiger partial charge in [-0.05, 0) is 19.1 Å². The van der Waals surface area contributed by atoms with E-state index in [0.29, 0.717) is 5.88 Å². The van der Waals surface area contributed by atoms with Gasteiger partial charge in [0.05, 0.1) is 5.69 Å².